The van der Waals surface area contributed by atoms with Crippen molar-refractivity contribution in [1.29, 1.82) is 5.26 Å². The molecule has 0 bridgehead atoms. The number of rotatable bonds is 8. The van der Waals surface area contributed by atoms with Crippen molar-refractivity contribution in [3.8, 4) is 6.07 Å². The Bertz CT molecular complexity index is 1210. The number of aryl methyl sites for hydroxylation is 2. The lowest BCUT2D eigenvalue weighted by Gasteiger charge is -2.22. The van der Waals surface area contributed by atoms with E-state index >= 15 is 0 Å². The van der Waals surface area contributed by atoms with Crippen molar-refractivity contribution in [3.63, 3.8) is 0 Å². The Balaban J connectivity index is 1.65. The smallest absolute Gasteiger partial charge is 0.196 e. The van der Waals surface area contributed by atoms with Crippen LogP contribution >= 0.6 is 11.3 Å². The molecule has 0 aliphatic heterocycles. The maximum atomic E-state index is 13.4. The first-order chi connectivity index (χ1) is 16.1. The van der Waals surface area contributed by atoms with Crippen LogP contribution in [0.15, 0.2) is 58.8 Å². The van der Waals surface area contributed by atoms with E-state index in [0.29, 0.717) is 23.5 Å². The molecule has 33 heavy (non-hydrogen) atoms. The minimum absolute atomic E-state index is 0.0344. The molecule has 0 radical (unpaired) electrons. The topological polar surface area (TPSA) is 68.8 Å². The highest BCUT2D eigenvalue weighted by molar-refractivity contribution is 7.16. The Morgan fingerprint density at radius 3 is 2.64 bits per heavy atom. The van der Waals surface area contributed by atoms with Gasteiger partial charge in [-0.15, -0.1) is 21.6 Å². The number of benzene rings is 2. The average molecular weight is 457 g/mol. The molecule has 0 amide bonds. The standard InChI is InChI=1S/C27H28N4OS/c1-3-31(17-9-16-28)21-14-15-23(19(2)18-21)29-30-27-25(22-12-7-8-13-24(22)33-27)26(32)20-10-5-4-6-11-20/h4-6,10-11,14-15,18H,3,7-9,12-13,17H2,1-2H3. The lowest BCUT2D eigenvalue weighted by molar-refractivity contribution is 0.103. The van der Waals surface area contributed by atoms with Crippen molar-refractivity contribution in [2.75, 3.05) is 18.0 Å². The van der Waals surface area contributed by atoms with Gasteiger partial charge in [-0.3, -0.25) is 4.79 Å². The molecule has 1 heterocycles. The summed E-state index contributed by atoms with van der Waals surface area (Å²) in [4.78, 5) is 16.9. The average Bonchev–Trinajstić information content (AvgIpc) is 3.22. The van der Waals surface area contributed by atoms with Crippen molar-refractivity contribution >= 4 is 33.5 Å². The zero-order chi connectivity index (χ0) is 23.2. The molecule has 0 N–H and O–H groups in total. The largest absolute Gasteiger partial charge is 0.371 e. The van der Waals surface area contributed by atoms with E-state index in [1.807, 2.05) is 49.4 Å². The maximum absolute atomic E-state index is 13.4. The first kappa shape index (κ1) is 22.9. The monoisotopic (exact) mass is 456 g/mol. The second-order valence-electron chi connectivity index (χ2n) is 8.24. The van der Waals surface area contributed by atoms with Gasteiger partial charge >= 0.3 is 0 Å². The van der Waals surface area contributed by atoms with E-state index < -0.39 is 0 Å². The number of fused-ring (bicyclic) bond motifs is 1. The van der Waals surface area contributed by atoms with E-state index in [2.05, 4.69) is 34.2 Å². The SMILES string of the molecule is CCN(CCC#N)c1ccc(N=Nc2sc3c(c2C(=O)c2ccccc2)CCCC3)c(C)c1. The number of anilines is 1. The van der Waals surface area contributed by atoms with Gasteiger partial charge in [0, 0.05) is 29.2 Å². The van der Waals surface area contributed by atoms with Gasteiger partial charge < -0.3 is 4.90 Å². The van der Waals surface area contributed by atoms with Gasteiger partial charge in [-0.05, 0) is 68.9 Å². The Morgan fingerprint density at radius 2 is 1.91 bits per heavy atom. The van der Waals surface area contributed by atoms with Gasteiger partial charge in [0.15, 0.2) is 10.8 Å². The lowest BCUT2D eigenvalue weighted by Crippen LogP contribution is -2.23. The molecule has 1 aliphatic rings. The highest BCUT2D eigenvalue weighted by Crippen LogP contribution is 2.42. The third kappa shape index (κ3) is 5.04. The molecule has 2 aromatic carbocycles. The highest BCUT2D eigenvalue weighted by Gasteiger charge is 2.26. The third-order valence-corrected chi connectivity index (χ3v) is 7.26. The molecule has 0 atom stereocenters. The van der Waals surface area contributed by atoms with Crippen LogP contribution in [0.5, 0.6) is 0 Å². The number of ketones is 1. The van der Waals surface area contributed by atoms with Crippen LogP contribution in [-0.2, 0) is 12.8 Å². The summed E-state index contributed by atoms with van der Waals surface area (Å²) in [6.45, 7) is 5.66. The van der Waals surface area contributed by atoms with Crippen LogP contribution in [0.2, 0.25) is 0 Å². The van der Waals surface area contributed by atoms with Crippen LogP contribution in [0.1, 0.15) is 58.1 Å². The summed E-state index contributed by atoms with van der Waals surface area (Å²) in [7, 11) is 0. The van der Waals surface area contributed by atoms with Crippen LogP contribution in [-0.4, -0.2) is 18.9 Å². The van der Waals surface area contributed by atoms with Gasteiger partial charge in [-0.25, -0.2) is 0 Å². The second-order valence-corrected chi connectivity index (χ2v) is 9.33. The Hall–Kier alpha value is -3.30. The Morgan fingerprint density at radius 1 is 1.12 bits per heavy atom. The second kappa shape index (κ2) is 10.5. The van der Waals surface area contributed by atoms with E-state index in [0.717, 1.165) is 60.3 Å². The Kier molecular flexibility index (Phi) is 7.31. The van der Waals surface area contributed by atoms with Crippen LogP contribution in [0.4, 0.5) is 16.4 Å². The van der Waals surface area contributed by atoms with Crippen LogP contribution < -0.4 is 4.90 Å². The van der Waals surface area contributed by atoms with Gasteiger partial charge in [0.1, 0.15) is 0 Å². The van der Waals surface area contributed by atoms with E-state index in [-0.39, 0.29) is 5.78 Å². The fraction of sp³-hybridized carbons (Fsp3) is 0.333. The van der Waals surface area contributed by atoms with Crippen LogP contribution in [0, 0.1) is 18.3 Å². The minimum Gasteiger partial charge on any atom is -0.371 e. The van der Waals surface area contributed by atoms with Crippen LogP contribution in [0.25, 0.3) is 0 Å². The van der Waals surface area contributed by atoms with Crippen molar-refractivity contribution in [3.05, 3.63) is 75.7 Å². The van der Waals surface area contributed by atoms with Crippen molar-refractivity contribution in [2.24, 2.45) is 10.2 Å². The normalized spacial score (nSPS) is 13.0. The third-order valence-electron chi connectivity index (χ3n) is 6.09. The molecule has 168 valence electrons. The first-order valence-corrected chi connectivity index (χ1v) is 12.3. The maximum Gasteiger partial charge on any atom is 0.196 e. The predicted molar refractivity (Wildman–Crippen MR) is 134 cm³/mol. The van der Waals surface area contributed by atoms with Gasteiger partial charge in [0.25, 0.3) is 0 Å². The number of nitriles is 1. The van der Waals surface area contributed by atoms with E-state index in [9.17, 15) is 4.79 Å². The summed E-state index contributed by atoms with van der Waals surface area (Å²) in [6, 6.07) is 17.7. The fourth-order valence-electron chi connectivity index (χ4n) is 4.29. The molecule has 4 rings (SSSR count). The number of azo groups is 1. The Labute approximate surface area is 199 Å². The number of nitrogens with zero attached hydrogens (tertiary/aromatic N) is 4. The highest BCUT2D eigenvalue weighted by atomic mass is 32.1. The summed E-state index contributed by atoms with van der Waals surface area (Å²) >= 11 is 1.61. The van der Waals surface area contributed by atoms with Gasteiger partial charge in [-0.2, -0.15) is 5.26 Å². The summed E-state index contributed by atoms with van der Waals surface area (Å²) in [5.41, 5.74) is 5.47. The summed E-state index contributed by atoms with van der Waals surface area (Å²) in [6.07, 6.45) is 4.70. The summed E-state index contributed by atoms with van der Waals surface area (Å²) in [5, 5.41) is 18.8. The number of carbonyl (C=O) groups is 1. The quantitative estimate of drug-likeness (QED) is 0.263. The molecule has 0 saturated carbocycles. The number of hydrogen-bond donors (Lipinski definition) is 0. The molecule has 3 aromatic rings. The summed E-state index contributed by atoms with van der Waals surface area (Å²) in [5.74, 6) is 0.0344. The number of carbonyl (C=O) groups excluding carboxylic acids is 1. The number of thiophene rings is 1. The van der Waals surface area contributed by atoms with Crippen molar-refractivity contribution in [2.45, 2.75) is 46.0 Å². The molecule has 1 aromatic heterocycles. The minimum atomic E-state index is 0.0344. The van der Waals surface area contributed by atoms with E-state index in [1.165, 1.54) is 4.88 Å². The first-order valence-electron chi connectivity index (χ1n) is 11.5. The predicted octanol–water partition coefficient (Wildman–Crippen LogP) is 7.32. The molecule has 0 saturated heterocycles. The molecule has 1 aliphatic carbocycles. The molecule has 0 unspecified atom stereocenters. The fourth-order valence-corrected chi connectivity index (χ4v) is 5.50. The van der Waals surface area contributed by atoms with Gasteiger partial charge in [-0.1, -0.05) is 30.3 Å². The van der Waals surface area contributed by atoms with Crippen LogP contribution in [0.3, 0.4) is 0 Å². The van der Waals surface area contributed by atoms with E-state index in [1.54, 1.807) is 11.3 Å². The number of hydrogen-bond acceptors (Lipinski definition) is 6. The molecule has 0 spiro atoms. The molecule has 0 fully saturated rings. The molecule has 5 nitrogen and oxygen atoms in total. The zero-order valence-electron chi connectivity index (χ0n) is 19.2. The molecule has 6 heteroatoms. The zero-order valence-corrected chi connectivity index (χ0v) is 20.0. The van der Waals surface area contributed by atoms with Crippen molar-refractivity contribution in [1.82, 2.24) is 0 Å². The van der Waals surface area contributed by atoms with Gasteiger partial charge in [0.2, 0.25) is 0 Å². The molecular formula is C27H28N4OS. The van der Waals surface area contributed by atoms with E-state index in [4.69, 9.17) is 5.26 Å². The van der Waals surface area contributed by atoms with Crippen molar-refractivity contribution < 1.29 is 4.79 Å². The summed E-state index contributed by atoms with van der Waals surface area (Å²) < 4.78 is 0. The lowest BCUT2D eigenvalue weighted by atomic mass is 9.92. The van der Waals surface area contributed by atoms with Gasteiger partial charge in [0.05, 0.1) is 23.7 Å². The molecular weight excluding hydrogens is 428 g/mol.